The first-order valence-electron chi connectivity index (χ1n) is 12.1. The number of carbonyl (C=O) groups is 1. The minimum atomic E-state index is -3.51. The van der Waals surface area contributed by atoms with Gasteiger partial charge >= 0.3 is 0 Å². The summed E-state index contributed by atoms with van der Waals surface area (Å²) in [7, 11) is -3.51. The maximum atomic E-state index is 13.2. The van der Waals surface area contributed by atoms with Gasteiger partial charge < -0.3 is 10.2 Å². The van der Waals surface area contributed by atoms with Gasteiger partial charge in [-0.25, -0.2) is 8.42 Å². The molecule has 4 rings (SSSR count). The molecule has 0 atom stereocenters. The molecule has 0 aliphatic carbocycles. The second-order valence-electron chi connectivity index (χ2n) is 9.12. The van der Waals surface area contributed by atoms with Crippen molar-refractivity contribution in [3.05, 3.63) is 64.7 Å². The summed E-state index contributed by atoms with van der Waals surface area (Å²) in [5.41, 5.74) is 3.76. The maximum Gasteiger partial charge on any atom is 0.253 e. The molecule has 2 aromatic rings. The van der Waals surface area contributed by atoms with Crippen LogP contribution in [0.3, 0.4) is 0 Å². The predicted molar refractivity (Wildman–Crippen MR) is 133 cm³/mol. The van der Waals surface area contributed by atoms with Crippen molar-refractivity contribution < 1.29 is 13.2 Å². The number of amides is 1. The summed E-state index contributed by atoms with van der Waals surface area (Å²) in [6.07, 6.45) is 3.57. The van der Waals surface area contributed by atoms with E-state index in [1.54, 1.807) is 12.1 Å². The molecule has 34 heavy (non-hydrogen) atoms. The highest BCUT2D eigenvalue weighted by Gasteiger charge is 2.29. The number of nitrogens with zero attached hydrogens (tertiary/aromatic N) is 2. The van der Waals surface area contributed by atoms with E-state index in [0.29, 0.717) is 68.2 Å². The van der Waals surface area contributed by atoms with Crippen molar-refractivity contribution in [2.24, 2.45) is 0 Å². The molecule has 2 saturated heterocycles. The number of hydrogen-bond donors (Lipinski definition) is 2. The van der Waals surface area contributed by atoms with Crippen LogP contribution in [0.1, 0.15) is 65.6 Å². The van der Waals surface area contributed by atoms with Gasteiger partial charge in [-0.3, -0.25) is 9.52 Å². The van der Waals surface area contributed by atoms with Crippen molar-refractivity contribution in [3.63, 3.8) is 0 Å². The minimum Gasteiger partial charge on any atom is -0.339 e. The van der Waals surface area contributed by atoms with Crippen molar-refractivity contribution in [1.29, 1.82) is 5.26 Å². The molecule has 2 aliphatic heterocycles. The van der Waals surface area contributed by atoms with Crippen LogP contribution in [0.5, 0.6) is 0 Å². The highest BCUT2D eigenvalue weighted by molar-refractivity contribution is 7.93. The lowest BCUT2D eigenvalue weighted by atomic mass is 9.89. The molecule has 7 nitrogen and oxygen atoms in total. The van der Waals surface area contributed by atoms with Gasteiger partial charge in [-0.15, -0.1) is 0 Å². The predicted octanol–water partition coefficient (Wildman–Crippen LogP) is 3.63. The Morgan fingerprint density at radius 3 is 2.38 bits per heavy atom. The lowest BCUT2D eigenvalue weighted by Gasteiger charge is -2.32. The fraction of sp³-hybridized carbons (Fsp3) is 0.462. The number of nitriles is 1. The summed E-state index contributed by atoms with van der Waals surface area (Å²) in [5, 5.41) is 11.8. The van der Waals surface area contributed by atoms with Gasteiger partial charge in [-0.05, 0) is 86.5 Å². The van der Waals surface area contributed by atoms with E-state index in [-0.39, 0.29) is 5.91 Å². The van der Waals surface area contributed by atoms with Crippen LogP contribution in [0.4, 0.5) is 5.69 Å². The van der Waals surface area contributed by atoms with Crippen LogP contribution in [-0.4, -0.2) is 50.7 Å². The Labute approximate surface area is 202 Å². The van der Waals surface area contributed by atoms with E-state index < -0.39 is 15.3 Å². The number of rotatable bonds is 6. The van der Waals surface area contributed by atoms with Crippen molar-refractivity contribution in [2.75, 3.05) is 30.9 Å². The van der Waals surface area contributed by atoms with E-state index in [2.05, 4.69) is 16.1 Å². The molecule has 2 N–H and O–H groups in total. The number of hydrogen-bond acceptors (Lipinski definition) is 5. The Balaban J connectivity index is 1.44. The Morgan fingerprint density at radius 2 is 1.76 bits per heavy atom. The number of benzene rings is 2. The van der Waals surface area contributed by atoms with Gasteiger partial charge in [0, 0.05) is 18.7 Å². The molecule has 0 radical (unpaired) electrons. The van der Waals surface area contributed by atoms with Crippen LogP contribution < -0.4 is 10.0 Å². The minimum absolute atomic E-state index is 0.0664. The van der Waals surface area contributed by atoms with E-state index in [4.69, 9.17) is 5.26 Å². The zero-order chi connectivity index (χ0) is 24.1. The molecule has 0 spiro atoms. The number of likely N-dealkylation sites (tertiary alicyclic amines) is 1. The van der Waals surface area contributed by atoms with E-state index >= 15 is 0 Å². The van der Waals surface area contributed by atoms with Crippen molar-refractivity contribution >= 4 is 21.6 Å². The number of nitrogens with one attached hydrogen (secondary N) is 2. The van der Waals surface area contributed by atoms with Crippen LogP contribution in [0, 0.1) is 11.3 Å². The fourth-order valence-electron chi connectivity index (χ4n) is 4.88. The van der Waals surface area contributed by atoms with Gasteiger partial charge in [-0.2, -0.15) is 5.26 Å². The van der Waals surface area contributed by atoms with Gasteiger partial charge in [0.15, 0.2) is 0 Å². The summed E-state index contributed by atoms with van der Waals surface area (Å²) < 4.78 is 28.7. The lowest BCUT2D eigenvalue weighted by molar-refractivity contribution is 0.0713. The molecule has 2 aromatic carbocycles. The monoisotopic (exact) mass is 480 g/mol. The SMILES string of the molecule is CCc1ccc(C(=O)N2CCC(c3ccc(C#N)cc3)CC2)cc1NS(=O)(=O)C1CCNCC1. The standard InChI is InChI=1S/C26H32N4O3S/c1-2-20-7-8-23(17-25(20)29-34(32,33)24-9-13-28-14-10-24)26(31)30-15-11-22(12-16-30)21-5-3-19(18-27)4-6-21/h3-8,17,22,24,28-29H,2,9-16H2,1H3. The fourth-order valence-corrected chi connectivity index (χ4v) is 6.40. The van der Waals surface area contributed by atoms with E-state index in [0.717, 1.165) is 18.4 Å². The third kappa shape index (κ3) is 5.43. The first-order valence-corrected chi connectivity index (χ1v) is 13.6. The molecule has 8 heteroatoms. The van der Waals surface area contributed by atoms with Crippen LogP contribution >= 0.6 is 0 Å². The third-order valence-electron chi connectivity index (χ3n) is 7.01. The zero-order valence-electron chi connectivity index (χ0n) is 19.6. The maximum absolute atomic E-state index is 13.2. The Kier molecular flexibility index (Phi) is 7.54. The number of piperidine rings is 2. The van der Waals surface area contributed by atoms with Crippen LogP contribution in [0.15, 0.2) is 42.5 Å². The smallest absolute Gasteiger partial charge is 0.253 e. The topological polar surface area (TPSA) is 102 Å². The molecule has 1 amide bonds. The zero-order valence-corrected chi connectivity index (χ0v) is 20.4. The summed E-state index contributed by atoms with van der Waals surface area (Å²) in [6.45, 7) is 4.67. The molecule has 0 saturated carbocycles. The van der Waals surface area contributed by atoms with Crippen molar-refractivity contribution in [2.45, 2.75) is 50.2 Å². The molecule has 2 heterocycles. The highest BCUT2D eigenvalue weighted by atomic mass is 32.2. The largest absolute Gasteiger partial charge is 0.339 e. The summed E-state index contributed by atoms with van der Waals surface area (Å²) in [4.78, 5) is 15.1. The Hall–Kier alpha value is -2.89. The average molecular weight is 481 g/mol. The first-order chi connectivity index (χ1) is 16.4. The Morgan fingerprint density at radius 1 is 1.09 bits per heavy atom. The summed E-state index contributed by atoms with van der Waals surface area (Å²) in [5.74, 6) is 0.301. The molecule has 180 valence electrons. The van der Waals surface area contributed by atoms with Crippen LogP contribution in [-0.2, 0) is 16.4 Å². The van der Waals surface area contributed by atoms with Gasteiger partial charge in [0.25, 0.3) is 5.91 Å². The van der Waals surface area contributed by atoms with Crippen LogP contribution in [0.2, 0.25) is 0 Å². The van der Waals surface area contributed by atoms with E-state index in [9.17, 15) is 13.2 Å². The quantitative estimate of drug-likeness (QED) is 0.657. The van der Waals surface area contributed by atoms with Crippen LogP contribution in [0.25, 0.3) is 0 Å². The van der Waals surface area contributed by atoms with Gasteiger partial charge in [0.05, 0.1) is 22.6 Å². The van der Waals surface area contributed by atoms with Crippen molar-refractivity contribution in [1.82, 2.24) is 10.2 Å². The second-order valence-corrected chi connectivity index (χ2v) is 11.1. The van der Waals surface area contributed by atoms with Crippen molar-refractivity contribution in [3.8, 4) is 6.07 Å². The number of aryl methyl sites for hydroxylation is 1. The normalized spacial score (nSPS) is 17.8. The Bertz CT molecular complexity index is 1160. The van der Waals surface area contributed by atoms with Gasteiger partial charge in [-0.1, -0.05) is 25.1 Å². The number of sulfonamides is 1. The highest BCUT2D eigenvalue weighted by Crippen LogP contribution is 2.30. The second kappa shape index (κ2) is 10.6. The molecule has 2 fully saturated rings. The molecule has 0 aromatic heterocycles. The lowest BCUT2D eigenvalue weighted by Crippen LogP contribution is -2.39. The van der Waals surface area contributed by atoms with Gasteiger partial charge in [0.1, 0.15) is 0 Å². The average Bonchev–Trinajstić information content (AvgIpc) is 2.88. The third-order valence-corrected chi connectivity index (χ3v) is 8.86. The van der Waals surface area contributed by atoms with Gasteiger partial charge in [0.2, 0.25) is 10.0 Å². The summed E-state index contributed by atoms with van der Waals surface area (Å²) in [6, 6.07) is 15.2. The summed E-state index contributed by atoms with van der Waals surface area (Å²) >= 11 is 0. The molecule has 2 aliphatic rings. The molecular formula is C26H32N4O3S. The van der Waals surface area contributed by atoms with E-state index in [1.165, 1.54) is 5.56 Å². The molecular weight excluding hydrogens is 448 g/mol. The molecule has 0 unspecified atom stereocenters. The number of anilines is 1. The van der Waals surface area contributed by atoms with E-state index in [1.807, 2.05) is 42.2 Å². The number of carbonyl (C=O) groups excluding carboxylic acids is 1. The first kappa shape index (κ1) is 24.2. The molecule has 0 bridgehead atoms.